The molecule has 0 radical (unpaired) electrons. The third kappa shape index (κ3) is 6.00. The van der Waals surface area contributed by atoms with E-state index in [0.717, 1.165) is 16.8 Å². The van der Waals surface area contributed by atoms with Gasteiger partial charge in [0.25, 0.3) is 0 Å². The summed E-state index contributed by atoms with van der Waals surface area (Å²) in [7, 11) is 1.40. The molecule has 0 aliphatic carbocycles. The Bertz CT molecular complexity index is 775. The molecule has 0 unspecified atom stereocenters. The molecule has 0 saturated heterocycles. The molecule has 26 heavy (non-hydrogen) atoms. The minimum Gasteiger partial charge on any atom is -0.493 e. The number of hydrogen-bond acceptors (Lipinski definition) is 3. The number of thiocarbonyl (C=S) groups is 1. The number of alkyl halides is 2. The van der Waals surface area contributed by atoms with Crippen molar-refractivity contribution in [2.24, 2.45) is 0 Å². The second-order valence-electron chi connectivity index (χ2n) is 5.46. The van der Waals surface area contributed by atoms with Gasteiger partial charge < -0.3 is 20.1 Å². The molecule has 2 N–H and O–H groups in total. The van der Waals surface area contributed by atoms with Gasteiger partial charge in [0.2, 0.25) is 0 Å². The van der Waals surface area contributed by atoms with Gasteiger partial charge in [-0.15, -0.1) is 0 Å². The first-order valence-corrected chi connectivity index (χ1v) is 8.60. The van der Waals surface area contributed by atoms with E-state index in [9.17, 15) is 8.78 Å². The second-order valence-corrected chi connectivity index (χ2v) is 6.27. The molecule has 0 heterocycles. The molecule has 4 nitrogen and oxygen atoms in total. The molecule has 140 valence electrons. The number of ether oxygens (including phenoxy) is 2. The van der Waals surface area contributed by atoms with Crippen molar-refractivity contribution in [3.05, 3.63) is 52.5 Å². The maximum atomic E-state index is 12.3. The molecule has 0 bridgehead atoms. The van der Waals surface area contributed by atoms with Crippen LogP contribution in [0.25, 0.3) is 0 Å². The lowest BCUT2D eigenvalue weighted by Gasteiger charge is -2.13. The van der Waals surface area contributed by atoms with Crippen molar-refractivity contribution in [1.82, 2.24) is 5.32 Å². The lowest BCUT2D eigenvalue weighted by atomic mass is 10.1. The highest BCUT2D eigenvalue weighted by molar-refractivity contribution is 7.80. The highest BCUT2D eigenvalue weighted by Crippen LogP contribution is 2.29. The summed E-state index contributed by atoms with van der Waals surface area (Å²) < 4.78 is 34.2. The smallest absolute Gasteiger partial charge is 0.387 e. The van der Waals surface area contributed by atoms with E-state index in [1.807, 2.05) is 19.1 Å². The first-order valence-electron chi connectivity index (χ1n) is 7.81. The number of methoxy groups -OCH3 is 1. The average Bonchev–Trinajstić information content (AvgIpc) is 2.59. The lowest BCUT2D eigenvalue weighted by Crippen LogP contribution is -2.30. The molecule has 0 saturated carbocycles. The highest BCUT2D eigenvalue weighted by atomic mass is 35.5. The van der Waals surface area contributed by atoms with Crippen LogP contribution in [0.5, 0.6) is 11.5 Å². The Morgan fingerprint density at radius 1 is 1.19 bits per heavy atom. The van der Waals surface area contributed by atoms with Gasteiger partial charge in [-0.3, -0.25) is 0 Å². The number of anilines is 1. The van der Waals surface area contributed by atoms with Crippen LogP contribution in [-0.4, -0.2) is 25.4 Å². The summed E-state index contributed by atoms with van der Waals surface area (Å²) in [5.41, 5.74) is 2.69. The van der Waals surface area contributed by atoms with E-state index in [-0.39, 0.29) is 11.5 Å². The molecule has 0 aromatic heterocycles. The summed E-state index contributed by atoms with van der Waals surface area (Å²) in [5, 5.41) is 7.27. The van der Waals surface area contributed by atoms with Crippen LogP contribution in [0.4, 0.5) is 14.5 Å². The summed E-state index contributed by atoms with van der Waals surface area (Å²) in [6.45, 7) is -0.409. The van der Waals surface area contributed by atoms with Gasteiger partial charge in [-0.25, -0.2) is 0 Å². The van der Waals surface area contributed by atoms with E-state index in [4.69, 9.17) is 28.6 Å². The Balaban J connectivity index is 1.86. The number of benzene rings is 2. The topological polar surface area (TPSA) is 42.5 Å². The molecule has 0 aliphatic heterocycles. The minimum atomic E-state index is -2.89. The molecule has 2 aromatic carbocycles. The molecule has 2 aromatic rings. The van der Waals surface area contributed by atoms with Crippen LogP contribution in [0.15, 0.2) is 36.4 Å². The zero-order valence-electron chi connectivity index (χ0n) is 14.3. The Morgan fingerprint density at radius 2 is 1.96 bits per heavy atom. The van der Waals surface area contributed by atoms with Gasteiger partial charge in [0.15, 0.2) is 16.6 Å². The maximum absolute atomic E-state index is 12.3. The van der Waals surface area contributed by atoms with Gasteiger partial charge in [0.1, 0.15) is 0 Å². The Labute approximate surface area is 161 Å². The lowest BCUT2D eigenvalue weighted by molar-refractivity contribution is -0.0512. The predicted molar refractivity (Wildman–Crippen MR) is 104 cm³/mol. The fraction of sp³-hybridized carbons (Fsp3) is 0.278. The Hall–Kier alpha value is -2.12. The van der Waals surface area contributed by atoms with Crippen molar-refractivity contribution in [3.63, 3.8) is 0 Å². The highest BCUT2D eigenvalue weighted by Gasteiger charge is 2.11. The average molecular weight is 401 g/mol. The van der Waals surface area contributed by atoms with Gasteiger partial charge in [-0.05, 0) is 61.0 Å². The summed E-state index contributed by atoms with van der Waals surface area (Å²) in [5.74, 6) is 0.269. The van der Waals surface area contributed by atoms with Crippen LogP contribution in [0.2, 0.25) is 5.02 Å². The van der Waals surface area contributed by atoms with E-state index >= 15 is 0 Å². The monoisotopic (exact) mass is 400 g/mol. The summed E-state index contributed by atoms with van der Waals surface area (Å²) >= 11 is 11.3. The third-order valence-corrected chi connectivity index (χ3v) is 4.23. The van der Waals surface area contributed by atoms with E-state index in [1.165, 1.54) is 13.2 Å². The molecule has 0 fully saturated rings. The SMILES string of the molecule is COc1cc(CCNC(=S)Nc2ccc(C)c(Cl)c2)ccc1OC(F)F. The van der Waals surface area contributed by atoms with E-state index < -0.39 is 6.61 Å². The van der Waals surface area contributed by atoms with Crippen molar-refractivity contribution in [2.45, 2.75) is 20.0 Å². The number of aryl methyl sites for hydroxylation is 1. The molecular formula is C18H19ClF2N2O2S. The van der Waals surface area contributed by atoms with Crippen molar-refractivity contribution >= 4 is 34.6 Å². The van der Waals surface area contributed by atoms with Crippen LogP contribution >= 0.6 is 23.8 Å². The fourth-order valence-corrected chi connectivity index (χ4v) is 2.63. The first kappa shape index (κ1) is 20.2. The van der Waals surface area contributed by atoms with Crippen LogP contribution < -0.4 is 20.1 Å². The van der Waals surface area contributed by atoms with Crippen LogP contribution in [-0.2, 0) is 6.42 Å². The summed E-state index contributed by atoms with van der Waals surface area (Å²) in [6.07, 6.45) is 0.627. The van der Waals surface area contributed by atoms with E-state index in [2.05, 4.69) is 15.4 Å². The zero-order valence-corrected chi connectivity index (χ0v) is 15.9. The predicted octanol–water partition coefficient (Wildman–Crippen LogP) is 4.79. The summed E-state index contributed by atoms with van der Waals surface area (Å²) in [4.78, 5) is 0. The van der Waals surface area contributed by atoms with Crippen LogP contribution in [0, 0.1) is 6.92 Å². The first-order chi connectivity index (χ1) is 12.4. The van der Waals surface area contributed by atoms with Crippen LogP contribution in [0.1, 0.15) is 11.1 Å². The largest absolute Gasteiger partial charge is 0.493 e. The normalized spacial score (nSPS) is 10.5. The molecule has 0 aliphatic rings. The number of hydrogen-bond donors (Lipinski definition) is 2. The quantitative estimate of drug-likeness (QED) is 0.654. The van der Waals surface area contributed by atoms with Gasteiger partial charge in [-0.2, -0.15) is 8.78 Å². The van der Waals surface area contributed by atoms with Crippen LogP contribution in [0.3, 0.4) is 0 Å². The van der Waals surface area contributed by atoms with Crippen molar-refractivity contribution in [3.8, 4) is 11.5 Å². The van der Waals surface area contributed by atoms with Crippen molar-refractivity contribution in [1.29, 1.82) is 0 Å². The minimum absolute atomic E-state index is 0.00708. The molecular weight excluding hydrogens is 382 g/mol. The maximum Gasteiger partial charge on any atom is 0.387 e. The van der Waals surface area contributed by atoms with Gasteiger partial charge in [0.05, 0.1) is 7.11 Å². The molecule has 0 amide bonds. The number of rotatable bonds is 7. The third-order valence-electron chi connectivity index (χ3n) is 3.57. The molecule has 2 rings (SSSR count). The van der Waals surface area contributed by atoms with Gasteiger partial charge in [-0.1, -0.05) is 23.7 Å². The molecule has 8 heteroatoms. The molecule has 0 atom stereocenters. The fourth-order valence-electron chi connectivity index (χ4n) is 2.23. The second kappa shape index (κ2) is 9.54. The Morgan fingerprint density at radius 3 is 2.62 bits per heavy atom. The number of nitrogens with one attached hydrogen (secondary N) is 2. The van der Waals surface area contributed by atoms with Gasteiger partial charge in [0, 0.05) is 17.3 Å². The van der Waals surface area contributed by atoms with Gasteiger partial charge >= 0.3 is 6.61 Å². The standard InChI is InChI=1S/C18H19ClF2N2O2S/c1-11-3-5-13(10-14(11)19)23-18(26)22-8-7-12-4-6-15(25-17(20)21)16(9-12)24-2/h3-6,9-10,17H,7-8H2,1-2H3,(H2,22,23,26). The zero-order chi connectivity index (χ0) is 19.1. The number of halogens is 3. The van der Waals surface area contributed by atoms with E-state index in [0.29, 0.717) is 23.1 Å². The molecule has 0 spiro atoms. The summed E-state index contributed by atoms with van der Waals surface area (Å²) in [6, 6.07) is 10.4. The van der Waals surface area contributed by atoms with Crippen molar-refractivity contribution < 1.29 is 18.3 Å². The van der Waals surface area contributed by atoms with Crippen molar-refractivity contribution in [2.75, 3.05) is 19.0 Å². The Kier molecular flexibility index (Phi) is 7.41. The van der Waals surface area contributed by atoms with E-state index in [1.54, 1.807) is 18.2 Å².